The van der Waals surface area contributed by atoms with Crippen molar-refractivity contribution < 1.29 is 22.9 Å². The van der Waals surface area contributed by atoms with E-state index in [1.165, 1.54) is 23.9 Å². The molecule has 168 valence electrons. The zero-order valence-electron chi connectivity index (χ0n) is 17.1. The van der Waals surface area contributed by atoms with E-state index in [2.05, 4.69) is 4.90 Å². The number of hydroxylamine groups is 3. The summed E-state index contributed by atoms with van der Waals surface area (Å²) >= 11 is 1.47. The van der Waals surface area contributed by atoms with Gasteiger partial charge in [0, 0.05) is 42.4 Å². The third-order valence-corrected chi connectivity index (χ3v) is 7.09. The van der Waals surface area contributed by atoms with Crippen LogP contribution in [0.5, 0.6) is 0 Å². The highest BCUT2D eigenvalue weighted by atomic mass is 32.2. The SMILES string of the molecule is [O-][N+]1(CCCN2c3ccccc3Sc3ccc(C(F)(F)F)cc32)CCN(CCO)CC1. The number of benzene rings is 2. The first-order chi connectivity index (χ1) is 14.8. The van der Waals surface area contributed by atoms with E-state index in [0.717, 1.165) is 21.5 Å². The molecule has 5 nitrogen and oxygen atoms in total. The number of anilines is 2. The molecule has 31 heavy (non-hydrogen) atoms. The minimum atomic E-state index is -4.40. The smallest absolute Gasteiger partial charge is 0.416 e. The average molecular weight is 454 g/mol. The molecule has 2 aliphatic heterocycles. The molecule has 0 unspecified atom stereocenters. The molecule has 9 heteroatoms. The summed E-state index contributed by atoms with van der Waals surface area (Å²) in [6, 6.07) is 11.6. The van der Waals surface area contributed by atoms with Gasteiger partial charge in [0.25, 0.3) is 0 Å². The van der Waals surface area contributed by atoms with Crippen LogP contribution in [0.3, 0.4) is 0 Å². The summed E-state index contributed by atoms with van der Waals surface area (Å²) in [5, 5.41) is 22.1. The van der Waals surface area contributed by atoms with E-state index in [9.17, 15) is 18.4 Å². The summed E-state index contributed by atoms with van der Waals surface area (Å²) in [4.78, 5) is 5.79. The van der Waals surface area contributed by atoms with Gasteiger partial charge in [0.2, 0.25) is 0 Å². The number of rotatable bonds is 6. The van der Waals surface area contributed by atoms with Crippen LogP contribution in [0.25, 0.3) is 0 Å². The molecule has 0 atom stereocenters. The number of aliphatic hydroxyl groups is 1. The fourth-order valence-corrected chi connectivity index (χ4v) is 5.30. The van der Waals surface area contributed by atoms with Gasteiger partial charge in [-0.15, -0.1) is 0 Å². The molecule has 0 aromatic heterocycles. The molecular weight excluding hydrogens is 427 g/mol. The maximum Gasteiger partial charge on any atom is 0.416 e. The number of fused-ring (bicyclic) bond motifs is 2. The molecule has 1 saturated heterocycles. The third-order valence-electron chi connectivity index (χ3n) is 5.96. The van der Waals surface area contributed by atoms with Crippen molar-refractivity contribution in [2.75, 3.05) is 57.3 Å². The number of hydrogen-bond donors (Lipinski definition) is 1. The van der Waals surface area contributed by atoms with Gasteiger partial charge in [0.15, 0.2) is 0 Å². The van der Waals surface area contributed by atoms with Gasteiger partial charge in [-0.3, -0.25) is 4.90 Å². The van der Waals surface area contributed by atoms with Crippen molar-refractivity contribution in [3.05, 3.63) is 53.2 Å². The highest BCUT2D eigenvalue weighted by molar-refractivity contribution is 7.99. The van der Waals surface area contributed by atoms with Gasteiger partial charge in [0.1, 0.15) is 0 Å². The number of nitrogens with zero attached hydrogens (tertiary/aromatic N) is 3. The first-order valence-electron chi connectivity index (χ1n) is 10.5. The van der Waals surface area contributed by atoms with Gasteiger partial charge in [-0.25, -0.2) is 0 Å². The van der Waals surface area contributed by atoms with Gasteiger partial charge in [0.05, 0.1) is 43.2 Å². The first kappa shape index (κ1) is 22.4. The van der Waals surface area contributed by atoms with E-state index in [1.807, 2.05) is 29.2 Å². The second-order valence-corrected chi connectivity index (χ2v) is 9.13. The maximum atomic E-state index is 13.3. The normalized spacial score (nSPS) is 18.5. The number of piperazine rings is 1. The maximum absolute atomic E-state index is 13.3. The number of alkyl halides is 3. The van der Waals surface area contributed by atoms with Crippen molar-refractivity contribution in [3.63, 3.8) is 0 Å². The largest absolute Gasteiger partial charge is 0.633 e. The van der Waals surface area contributed by atoms with Crippen molar-refractivity contribution in [1.82, 2.24) is 4.90 Å². The minimum Gasteiger partial charge on any atom is -0.633 e. The van der Waals surface area contributed by atoms with Crippen LogP contribution in [0.15, 0.2) is 52.3 Å². The number of hydrogen-bond acceptors (Lipinski definition) is 5. The topological polar surface area (TPSA) is 49.8 Å². The van der Waals surface area contributed by atoms with Crippen LogP contribution in [0.1, 0.15) is 12.0 Å². The molecule has 1 N–H and O–H groups in total. The quantitative estimate of drug-likeness (QED) is 0.522. The van der Waals surface area contributed by atoms with Gasteiger partial charge in [-0.2, -0.15) is 13.2 Å². The van der Waals surface area contributed by atoms with Crippen LogP contribution in [-0.4, -0.2) is 67.1 Å². The predicted octanol–water partition coefficient (Wildman–Crippen LogP) is 4.32. The molecule has 0 amide bonds. The molecule has 0 bridgehead atoms. The Kier molecular flexibility index (Phi) is 6.50. The van der Waals surface area contributed by atoms with Crippen molar-refractivity contribution in [2.24, 2.45) is 0 Å². The van der Waals surface area contributed by atoms with E-state index >= 15 is 0 Å². The number of para-hydroxylation sites is 1. The van der Waals surface area contributed by atoms with Crippen molar-refractivity contribution in [1.29, 1.82) is 0 Å². The highest BCUT2D eigenvalue weighted by Crippen LogP contribution is 2.49. The van der Waals surface area contributed by atoms with Gasteiger partial charge < -0.3 is 19.9 Å². The lowest BCUT2D eigenvalue weighted by molar-refractivity contribution is -0.885. The summed E-state index contributed by atoms with van der Waals surface area (Å²) in [7, 11) is 0. The average Bonchev–Trinajstić information content (AvgIpc) is 2.74. The Morgan fingerprint density at radius 3 is 2.42 bits per heavy atom. The summed E-state index contributed by atoms with van der Waals surface area (Å²) in [6.07, 6.45) is -3.82. The van der Waals surface area contributed by atoms with Crippen LogP contribution < -0.4 is 4.90 Å². The van der Waals surface area contributed by atoms with E-state index < -0.39 is 11.7 Å². The van der Waals surface area contributed by atoms with Crippen LogP contribution in [0, 0.1) is 5.21 Å². The van der Waals surface area contributed by atoms with Crippen molar-refractivity contribution in [2.45, 2.75) is 22.4 Å². The third kappa shape index (κ3) is 5.01. The van der Waals surface area contributed by atoms with Crippen LogP contribution in [0.2, 0.25) is 0 Å². The Balaban J connectivity index is 1.50. The second kappa shape index (κ2) is 8.99. The lowest BCUT2D eigenvalue weighted by Crippen LogP contribution is -2.57. The molecule has 0 saturated carbocycles. The Bertz CT molecular complexity index is 917. The van der Waals surface area contributed by atoms with Crippen molar-refractivity contribution >= 4 is 23.1 Å². The lowest BCUT2D eigenvalue weighted by atomic mass is 10.1. The predicted molar refractivity (Wildman–Crippen MR) is 115 cm³/mol. The monoisotopic (exact) mass is 453 g/mol. The Morgan fingerprint density at radius 2 is 1.71 bits per heavy atom. The fourth-order valence-electron chi connectivity index (χ4n) is 4.22. The number of halogens is 3. The Morgan fingerprint density at radius 1 is 1.00 bits per heavy atom. The highest BCUT2D eigenvalue weighted by Gasteiger charge is 2.33. The molecule has 0 aliphatic carbocycles. The first-order valence-corrected chi connectivity index (χ1v) is 11.3. The molecule has 2 heterocycles. The van der Waals surface area contributed by atoms with Crippen molar-refractivity contribution in [3.8, 4) is 0 Å². The molecule has 4 rings (SSSR count). The zero-order valence-corrected chi connectivity index (χ0v) is 18.0. The summed E-state index contributed by atoms with van der Waals surface area (Å²) in [6.45, 7) is 3.84. The molecule has 1 fully saturated rings. The number of β-amino-alcohol motifs (C(OH)–C–C–N with tert-alkyl or cyclic N) is 1. The second-order valence-electron chi connectivity index (χ2n) is 8.05. The van der Waals surface area contributed by atoms with Gasteiger partial charge in [-0.1, -0.05) is 23.9 Å². The molecule has 0 spiro atoms. The molecule has 2 aromatic rings. The minimum absolute atomic E-state index is 0.0879. The van der Waals surface area contributed by atoms with E-state index in [1.54, 1.807) is 0 Å². The molecule has 2 aromatic carbocycles. The Labute approximate surface area is 184 Å². The molecule has 0 radical (unpaired) electrons. The number of aliphatic hydroxyl groups excluding tert-OH is 1. The molecular formula is C22H26F3N3O2S. The summed E-state index contributed by atoms with van der Waals surface area (Å²) < 4.78 is 39.7. The zero-order chi connectivity index (χ0) is 22.1. The summed E-state index contributed by atoms with van der Waals surface area (Å²) in [5.74, 6) is 0. The lowest BCUT2D eigenvalue weighted by Gasteiger charge is -2.48. The van der Waals surface area contributed by atoms with E-state index in [0.29, 0.717) is 57.9 Å². The summed E-state index contributed by atoms with van der Waals surface area (Å²) in [5.41, 5.74) is 0.761. The number of quaternary nitrogens is 1. The van der Waals surface area contributed by atoms with Gasteiger partial charge >= 0.3 is 6.18 Å². The molecule has 2 aliphatic rings. The van der Waals surface area contributed by atoms with E-state index in [4.69, 9.17) is 5.11 Å². The van der Waals surface area contributed by atoms with Gasteiger partial charge in [-0.05, 0) is 30.3 Å². The Hall–Kier alpha value is -1.78. The standard InChI is InChI=1S/C22H26F3N3O2S/c23-22(24,25)17-6-7-21-19(16-17)27(18-4-1-2-5-20(18)31-21)8-3-12-28(30)13-9-26(10-14-28)11-15-29/h1-2,4-7,16,29H,3,8-15H2. The van der Waals surface area contributed by atoms with E-state index in [-0.39, 0.29) is 11.3 Å². The van der Waals surface area contributed by atoms with Crippen LogP contribution >= 0.6 is 11.8 Å². The fraction of sp³-hybridized carbons (Fsp3) is 0.455. The van der Waals surface area contributed by atoms with Crippen LogP contribution in [-0.2, 0) is 6.18 Å². The van der Waals surface area contributed by atoms with Crippen LogP contribution in [0.4, 0.5) is 24.5 Å².